The van der Waals surface area contributed by atoms with Gasteiger partial charge in [0.05, 0.1) is 11.6 Å². The van der Waals surface area contributed by atoms with Gasteiger partial charge in [0.2, 0.25) is 5.91 Å². The molecule has 2 atom stereocenters. The molecule has 1 aliphatic rings. The zero-order valence-electron chi connectivity index (χ0n) is 12.2. The first-order valence-electron chi connectivity index (χ1n) is 6.90. The molecule has 6 nitrogen and oxygen atoms in total. The lowest BCUT2D eigenvalue weighted by atomic mass is 9.99. The topological polar surface area (TPSA) is 75.4 Å². The Balaban J connectivity index is 1.90. The Labute approximate surface area is 118 Å². The summed E-state index contributed by atoms with van der Waals surface area (Å²) < 4.78 is 1.82. The molecule has 2 heterocycles. The van der Waals surface area contributed by atoms with Crippen molar-refractivity contribution in [2.75, 3.05) is 13.1 Å². The van der Waals surface area contributed by atoms with Crippen LogP contribution in [0.25, 0.3) is 0 Å². The van der Waals surface area contributed by atoms with E-state index in [1.54, 1.807) is 4.90 Å². The number of hydrogen-bond donors (Lipinski definition) is 1. The average Bonchev–Trinajstić information content (AvgIpc) is 2.89. The van der Waals surface area contributed by atoms with E-state index in [-0.39, 0.29) is 11.8 Å². The molecular weight excluding hydrogens is 258 g/mol. The van der Waals surface area contributed by atoms with Crippen LogP contribution in [-0.2, 0) is 16.1 Å². The standard InChI is InChI=1S/C14H21N3O3/c1-9-7-16(8-12(9)14(19)20)13(18)4-5-17-11(3)6-10(2)15-17/h6,9,12H,4-5,7-8H2,1-3H3,(H,19,20). The van der Waals surface area contributed by atoms with E-state index in [1.807, 2.05) is 31.5 Å². The number of carbonyl (C=O) groups excluding carboxylic acids is 1. The summed E-state index contributed by atoms with van der Waals surface area (Å²) in [4.78, 5) is 24.9. The van der Waals surface area contributed by atoms with Gasteiger partial charge in [-0.05, 0) is 25.8 Å². The molecule has 1 aromatic rings. The van der Waals surface area contributed by atoms with Gasteiger partial charge in [-0.25, -0.2) is 0 Å². The third kappa shape index (κ3) is 3.00. The second-order valence-corrected chi connectivity index (χ2v) is 5.62. The van der Waals surface area contributed by atoms with Gasteiger partial charge >= 0.3 is 5.97 Å². The van der Waals surface area contributed by atoms with E-state index < -0.39 is 11.9 Å². The maximum Gasteiger partial charge on any atom is 0.308 e. The normalized spacial score (nSPS) is 22.2. The van der Waals surface area contributed by atoms with Gasteiger partial charge in [0.25, 0.3) is 0 Å². The monoisotopic (exact) mass is 279 g/mol. The van der Waals surface area contributed by atoms with E-state index in [1.165, 1.54) is 0 Å². The number of carboxylic acid groups (broad SMARTS) is 1. The van der Waals surface area contributed by atoms with Gasteiger partial charge in [0.15, 0.2) is 0 Å². The highest BCUT2D eigenvalue weighted by Gasteiger charge is 2.36. The summed E-state index contributed by atoms with van der Waals surface area (Å²) in [6.07, 6.45) is 0.362. The molecule has 0 saturated carbocycles. The first-order valence-corrected chi connectivity index (χ1v) is 6.90. The number of aromatic nitrogens is 2. The molecule has 2 unspecified atom stereocenters. The summed E-state index contributed by atoms with van der Waals surface area (Å²) >= 11 is 0. The second-order valence-electron chi connectivity index (χ2n) is 5.62. The van der Waals surface area contributed by atoms with Gasteiger partial charge in [-0.3, -0.25) is 14.3 Å². The number of carbonyl (C=O) groups is 2. The first-order chi connectivity index (χ1) is 9.38. The molecule has 2 rings (SSSR count). The molecule has 0 aromatic carbocycles. The highest BCUT2D eigenvalue weighted by atomic mass is 16.4. The highest BCUT2D eigenvalue weighted by Crippen LogP contribution is 2.23. The largest absolute Gasteiger partial charge is 0.481 e. The highest BCUT2D eigenvalue weighted by molar-refractivity contribution is 5.78. The molecule has 6 heteroatoms. The second kappa shape index (κ2) is 5.64. The van der Waals surface area contributed by atoms with E-state index in [0.29, 0.717) is 26.1 Å². The van der Waals surface area contributed by atoms with Crippen molar-refractivity contribution in [3.05, 3.63) is 17.5 Å². The first kappa shape index (κ1) is 14.6. The molecule has 1 saturated heterocycles. The molecule has 1 N–H and O–H groups in total. The number of likely N-dealkylation sites (tertiary alicyclic amines) is 1. The van der Waals surface area contributed by atoms with E-state index in [9.17, 15) is 9.59 Å². The Morgan fingerprint density at radius 2 is 2.10 bits per heavy atom. The van der Waals surface area contributed by atoms with Crippen LogP contribution in [0, 0.1) is 25.7 Å². The number of rotatable bonds is 4. The van der Waals surface area contributed by atoms with Crippen LogP contribution >= 0.6 is 0 Å². The predicted octanol–water partition coefficient (Wildman–Crippen LogP) is 1.07. The summed E-state index contributed by atoms with van der Waals surface area (Å²) in [5.74, 6) is -1.22. The van der Waals surface area contributed by atoms with Gasteiger partial charge in [-0.2, -0.15) is 5.10 Å². The van der Waals surface area contributed by atoms with E-state index in [0.717, 1.165) is 11.4 Å². The minimum atomic E-state index is -0.814. The van der Waals surface area contributed by atoms with Crippen LogP contribution in [0.5, 0.6) is 0 Å². The quantitative estimate of drug-likeness (QED) is 0.894. The lowest BCUT2D eigenvalue weighted by Crippen LogP contribution is -2.30. The van der Waals surface area contributed by atoms with Crippen molar-refractivity contribution in [2.24, 2.45) is 11.8 Å². The van der Waals surface area contributed by atoms with Crippen molar-refractivity contribution in [2.45, 2.75) is 33.7 Å². The van der Waals surface area contributed by atoms with Crippen LogP contribution in [0.15, 0.2) is 6.07 Å². The van der Waals surface area contributed by atoms with Crippen LogP contribution in [0.1, 0.15) is 24.7 Å². The maximum absolute atomic E-state index is 12.1. The molecular formula is C14H21N3O3. The SMILES string of the molecule is Cc1cc(C)n(CCC(=O)N2CC(C)C(C(=O)O)C2)n1. The minimum absolute atomic E-state index is 0.00755. The Morgan fingerprint density at radius 3 is 2.60 bits per heavy atom. The Kier molecular flexibility index (Phi) is 4.11. The van der Waals surface area contributed by atoms with Gasteiger partial charge < -0.3 is 10.0 Å². The van der Waals surface area contributed by atoms with Crippen molar-refractivity contribution in [3.63, 3.8) is 0 Å². The van der Waals surface area contributed by atoms with Crippen LogP contribution in [0.3, 0.4) is 0 Å². The van der Waals surface area contributed by atoms with Crippen molar-refractivity contribution in [1.82, 2.24) is 14.7 Å². The number of aryl methyl sites for hydroxylation is 3. The minimum Gasteiger partial charge on any atom is -0.481 e. The fraction of sp³-hybridized carbons (Fsp3) is 0.643. The lowest BCUT2D eigenvalue weighted by molar-refractivity contribution is -0.142. The number of hydrogen-bond acceptors (Lipinski definition) is 3. The molecule has 1 aromatic heterocycles. The third-order valence-electron chi connectivity index (χ3n) is 3.92. The Bertz CT molecular complexity index is 524. The maximum atomic E-state index is 12.1. The molecule has 0 radical (unpaired) electrons. The van der Waals surface area contributed by atoms with Crippen LogP contribution < -0.4 is 0 Å². The molecule has 20 heavy (non-hydrogen) atoms. The molecule has 110 valence electrons. The summed E-state index contributed by atoms with van der Waals surface area (Å²) in [6.45, 7) is 7.17. The van der Waals surface area contributed by atoms with E-state index >= 15 is 0 Å². The third-order valence-corrected chi connectivity index (χ3v) is 3.92. The molecule has 1 aliphatic heterocycles. The average molecular weight is 279 g/mol. The summed E-state index contributed by atoms with van der Waals surface area (Å²) in [5, 5.41) is 13.4. The summed E-state index contributed by atoms with van der Waals surface area (Å²) in [5.41, 5.74) is 1.98. The summed E-state index contributed by atoms with van der Waals surface area (Å²) in [7, 11) is 0. The molecule has 0 bridgehead atoms. The fourth-order valence-electron chi connectivity index (χ4n) is 2.75. The van der Waals surface area contributed by atoms with Crippen molar-refractivity contribution in [1.29, 1.82) is 0 Å². The Morgan fingerprint density at radius 1 is 1.40 bits per heavy atom. The lowest BCUT2D eigenvalue weighted by Gasteiger charge is -2.16. The van der Waals surface area contributed by atoms with Crippen LogP contribution in [0.2, 0.25) is 0 Å². The predicted molar refractivity (Wildman–Crippen MR) is 73.2 cm³/mol. The van der Waals surface area contributed by atoms with Crippen molar-refractivity contribution < 1.29 is 14.7 Å². The number of nitrogens with zero attached hydrogens (tertiary/aromatic N) is 3. The zero-order chi connectivity index (χ0) is 14.9. The zero-order valence-corrected chi connectivity index (χ0v) is 12.2. The molecule has 0 spiro atoms. The van der Waals surface area contributed by atoms with Gasteiger partial charge in [-0.1, -0.05) is 6.92 Å². The van der Waals surface area contributed by atoms with Crippen molar-refractivity contribution in [3.8, 4) is 0 Å². The van der Waals surface area contributed by atoms with Gasteiger partial charge in [0, 0.05) is 31.7 Å². The molecule has 1 amide bonds. The van der Waals surface area contributed by atoms with Crippen molar-refractivity contribution >= 4 is 11.9 Å². The van der Waals surface area contributed by atoms with Gasteiger partial charge in [-0.15, -0.1) is 0 Å². The number of aliphatic carboxylic acids is 1. The van der Waals surface area contributed by atoms with Crippen LogP contribution in [-0.4, -0.2) is 44.8 Å². The number of carboxylic acids is 1. The van der Waals surface area contributed by atoms with E-state index in [4.69, 9.17) is 5.11 Å². The summed E-state index contributed by atoms with van der Waals surface area (Å²) in [6, 6.07) is 1.98. The number of amides is 1. The Hall–Kier alpha value is -1.85. The fourth-order valence-corrected chi connectivity index (χ4v) is 2.75. The molecule has 0 aliphatic carbocycles. The van der Waals surface area contributed by atoms with Gasteiger partial charge in [0.1, 0.15) is 0 Å². The smallest absolute Gasteiger partial charge is 0.308 e. The van der Waals surface area contributed by atoms with Crippen LogP contribution in [0.4, 0.5) is 0 Å². The molecule has 1 fully saturated rings. The van der Waals surface area contributed by atoms with E-state index in [2.05, 4.69) is 5.10 Å².